The standard InChI is InChI=1S/C18H24N6.HI/c1-19-18(23(3)13-14-8-7-11-22(14)2)20-12-17-21-15-9-5-6-10-16(15)24(17)4;/h5-11H,12-13H2,1-4H3,(H,19,20);1H. The second-order valence-corrected chi connectivity index (χ2v) is 5.94. The summed E-state index contributed by atoms with van der Waals surface area (Å²) in [6.45, 7) is 1.43. The highest BCUT2D eigenvalue weighted by molar-refractivity contribution is 14.0. The summed E-state index contributed by atoms with van der Waals surface area (Å²) in [6, 6.07) is 12.3. The van der Waals surface area contributed by atoms with Crippen LogP contribution in [0.2, 0.25) is 0 Å². The van der Waals surface area contributed by atoms with E-state index in [1.807, 2.05) is 32.3 Å². The summed E-state index contributed by atoms with van der Waals surface area (Å²) in [5.41, 5.74) is 3.40. The zero-order chi connectivity index (χ0) is 17.1. The van der Waals surface area contributed by atoms with Crippen molar-refractivity contribution in [2.24, 2.45) is 19.1 Å². The third-order valence-electron chi connectivity index (χ3n) is 4.31. The number of aliphatic imine (C=N–C) groups is 1. The lowest BCUT2D eigenvalue weighted by atomic mass is 10.3. The summed E-state index contributed by atoms with van der Waals surface area (Å²) in [6.07, 6.45) is 2.05. The number of guanidine groups is 1. The van der Waals surface area contributed by atoms with Gasteiger partial charge in [0.2, 0.25) is 0 Å². The lowest BCUT2D eigenvalue weighted by Gasteiger charge is -2.22. The molecule has 0 bridgehead atoms. The van der Waals surface area contributed by atoms with Gasteiger partial charge in [-0.1, -0.05) is 12.1 Å². The minimum atomic E-state index is 0. The van der Waals surface area contributed by atoms with E-state index >= 15 is 0 Å². The number of benzene rings is 1. The van der Waals surface area contributed by atoms with Gasteiger partial charge in [-0.25, -0.2) is 4.98 Å². The van der Waals surface area contributed by atoms with Crippen LogP contribution in [-0.4, -0.2) is 39.1 Å². The van der Waals surface area contributed by atoms with E-state index in [9.17, 15) is 0 Å². The molecule has 6 nitrogen and oxygen atoms in total. The normalized spacial score (nSPS) is 11.4. The van der Waals surface area contributed by atoms with Gasteiger partial charge >= 0.3 is 0 Å². The number of nitrogens with zero attached hydrogens (tertiary/aromatic N) is 5. The summed E-state index contributed by atoms with van der Waals surface area (Å²) in [5.74, 6) is 1.84. The molecular formula is C18H25IN6. The summed E-state index contributed by atoms with van der Waals surface area (Å²) in [5, 5.41) is 3.40. The van der Waals surface area contributed by atoms with Crippen molar-refractivity contribution in [2.75, 3.05) is 14.1 Å². The average Bonchev–Trinajstić information content (AvgIpc) is 3.12. The third kappa shape index (κ3) is 4.15. The number of aryl methyl sites for hydroxylation is 2. The topological polar surface area (TPSA) is 50.4 Å². The van der Waals surface area contributed by atoms with Crippen LogP contribution in [0.25, 0.3) is 11.0 Å². The zero-order valence-electron chi connectivity index (χ0n) is 15.1. The van der Waals surface area contributed by atoms with Gasteiger partial charge < -0.3 is 19.4 Å². The Bertz CT molecular complexity index is 863. The molecule has 0 saturated heterocycles. The molecule has 0 radical (unpaired) electrons. The molecular weight excluding hydrogens is 427 g/mol. The fourth-order valence-corrected chi connectivity index (χ4v) is 2.88. The maximum absolute atomic E-state index is 4.69. The van der Waals surface area contributed by atoms with Crippen molar-refractivity contribution in [3.63, 3.8) is 0 Å². The molecule has 0 fully saturated rings. The number of imidazole rings is 1. The molecule has 0 amide bonds. The molecule has 2 heterocycles. The molecule has 0 aliphatic heterocycles. The van der Waals surface area contributed by atoms with E-state index in [1.54, 1.807) is 7.05 Å². The molecule has 3 aromatic rings. The number of hydrogen-bond acceptors (Lipinski definition) is 2. The number of rotatable bonds is 4. The first-order valence-electron chi connectivity index (χ1n) is 8.02. The molecule has 0 unspecified atom stereocenters. The molecule has 1 aromatic carbocycles. The summed E-state index contributed by atoms with van der Waals surface area (Å²) in [4.78, 5) is 11.2. The van der Waals surface area contributed by atoms with Gasteiger partial charge in [0.15, 0.2) is 5.96 Å². The van der Waals surface area contributed by atoms with Gasteiger partial charge in [-0.05, 0) is 24.3 Å². The second kappa shape index (κ2) is 8.37. The highest BCUT2D eigenvalue weighted by Crippen LogP contribution is 2.14. The lowest BCUT2D eigenvalue weighted by molar-refractivity contribution is 0.460. The van der Waals surface area contributed by atoms with E-state index in [-0.39, 0.29) is 24.0 Å². The Kier molecular flexibility index (Phi) is 6.46. The van der Waals surface area contributed by atoms with Crippen molar-refractivity contribution in [3.05, 3.63) is 54.1 Å². The molecule has 0 saturated carbocycles. The largest absolute Gasteiger partial charge is 0.353 e. The molecule has 2 aromatic heterocycles. The predicted octanol–water partition coefficient (Wildman–Crippen LogP) is 2.74. The van der Waals surface area contributed by atoms with Crippen LogP contribution >= 0.6 is 24.0 Å². The first kappa shape index (κ1) is 19.3. The first-order valence-corrected chi connectivity index (χ1v) is 8.02. The molecule has 3 rings (SSSR count). The molecule has 1 N–H and O–H groups in total. The van der Waals surface area contributed by atoms with Crippen molar-refractivity contribution in [2.45, 2.75) is 13.1 Å². The first-order chi connectivity index (χ1) is 11.6. The number of fused-ring (bicyclic) bond motifs is 1. The molecule has 25 heavy (non-hydrogen) atoms. The van der Waals surface area contributed by atoms with E-state index < -0.39 is 0 Å². The highest BCUT2D eigenvalue weighted by atomic mass is 127. The van der Waals surface area contributed by atoms with Crippen molar-refractivity contribution in [1.29, 1.82) is 0 Å². The van der Waals surface area contributed by atoms with Crippen molar-refractivity contribution in [3.8, 4) is 0 Å². The number of halogens is 1. The Hall–Kier alpha value is -2.03. The van der Waals surface area contributed by atoms with Crippen LogP contribution < -0.4 is 5.32 Å². The third-order valence-corrected chi connectivity index (χ3v) is 4.31. The van der Waals surface area contributed by atoms with E-state index in [2.05, 4.69) is 55.8 Å². The quantitative estimate of drug-likeness (QED) is 0.376. The Labute approximate surface area is 165 Å². The smallest absolute Gasteiger partial charge is 0.194 e. The van der Waals surface area contributed by atoms with Crippen LogP contribution in [0.15, 0.2) is 47.6 Å². The number of para-hydroxylation sites is 2. The fraction of sp³-hybridized carbons (Fsp3) is 0.333. The molecule has 0 aliphatic carbocycles. The minimum Gasteiger partial charge on any atom is -0.353 e. The average molecular weight is 452 g/mol. The van der Waals surface area contributed by atoms with Crippen LogP contribution in [-0.2, 0) is 27.2 Å². The van der Waals surface area contributed by atoms with E-state index in [1.165, 1.54) is 5.69 Å². The number of aromatic nitrogens is 3. The number of hydrogen-bond donors (Lipinski definition) is 1. The van der Waals surface area contributed by atoms with Crippen LogP contribution in [0.1, 0.15) is 11.5 Å². The second-order valence-electron chi connectivity index (χ2n) is 5.94. The van der Waals surface area contributed by atoms with Crippen LogP contribution in [0.3, 0.4) is 0 Å². The zero-order valence-corrected chi connectivity index (χ0v) is 17.4. The Morgan fingerprint density at radius 1 is 1.20 bits per heavy atom. The SMILES string of the molecule is CN=C(NCc1nc2ccccc2n1C)N(C)Cc1cccn1C.I. The fourth-order valence-electron chi connectivity index (χ4n) is 2.88. The summed E-state index contributed by atoms with van der Waals surface area (Å²) < 4.78 is 4.24. The van der Waals surface area contributed by atoms with Crippen LogP contribution in [0.5, 0.6) is 0 Å². The van der Waals surface area contributed by atoms with Crippen molar-refractivity contribution in [1.82, 2.24) is 24.3 Å². The maximum atomic E-state index is 4.69. The van der Waals surface area contributed by atoms with Crippen molar-refractivity contribution >= 4 is 41.0 Å². The van der Waals surface area contributed by atoms with Crippen LogP contribution in [0, 0.1) is 0 Å². The Morgan fingerprint density at radius 3 is 2.60 bits per heavy atom. The molecule has 7 heteroatoms. The highest BCUT2D eigenvalue weighted by Gasteiger charge is 2.11. The van der Waals surface area contributed by atoms with Gasteiger partial charge in [0.25, 0.3) is 0 Å². The van der Waals surface area contributed by atoms with E-state index in [0.717, 1.165) is 29.4 Å². The predicted molar refractivity (Wildman–Crippen MR) is 113 cm³/mol. The molecule has 0 aliphatic rings. The monoisotopic (exact) mass is 452 g/mol. The van der Waals surface area contributed by atoms with E-state index in [0.29, 0.717) is 6.54 Å². The van der Waals surface area contributed by atoms with E-state index in [4.69, 9.17) is 4.98 Å². The lowest BCUT2D eigenvalue weighted by Crippen LogP contribution is -2.38. The minimum absolute atomic E-state index is 0. The number of nitrogens with one attached hydrogen (secondary N) is 1. The van der Waals surface area contributed by atoms with Gasteiger partial charge in [-0.3, -0.25) is 4.99 Å². The molecule has 0 spiro atoms. The van der Waals surface area contributed by atoms with Gasteiger partial charge in [-0.15, -0.1) is 24.0 Å². The van der Waals surface area contributed by atoms with Gasteiger partial charge in [0.05, 0.1) is 24.1 Å². The van der Waals surface area contributed by atoms with Crippen molar-refractivity contribution < 1.29 is 0 Å². The molecule has 134 valence electrons. The summed E-state index contributed by atoms with van der Waals surface area (Å²) >= 11 is 0. The van der Waals surface area contributed by atoms with Gasteiger partial charge in [-0.2, -0.15) is 0 Å². The summed E-state index contributed by atoms with van der Waals surface area (Å²) in [7, 11) is 7.94. The van der Waals surface area contributed by atoms with Gasteiger partial charge in [0.1, 0.15) is 5.82 Å². The van der Waals surface area contributed by atoms with Crippen LogP contribution in [0.4, 0.5) is 0 Å². The Morgan fingerprint density at radius 2 is 1.96 bits per heavy atom. The Balaban J connectivity index is 0.00000225. The maximum Gasteiger partial charge on any atom is 0.194 e. The van der Waals surface area contributed by atoms with Gasteiger partial charge in [0, 0.05) is 40.1 Å². The molecule has 0 atom stereocenters.